The van der Waals surface area contributed by atoms with Crippen molar-refractivity contribution in [2.24, 2.45) is 5.92 Å². The van der Waals surface area contributed by atoms with Crippen molar-refractivity contribution < 1.29 is 4.79 Å². The first-order chi connectivity index (χ1) is 4.79. The SMILES string of the molecule is C=O.CC1=CC(C)CCC1. The second-order valence-electron chi connectivity index (χ2n) is 2.88. The minimum atomic E-state index is 0.851. The normalized spacial score (nSPS) is 24.2. The maximum atomic E-state index is 8.00. The number of hydrogen-bond donors (Lipinski definition) is 0. The van der Waals surface area contributed by atoms with Gasteiger partial charge in [-0.15, -0.1) is 0 Å². The van der Waals surface area contributed by atoms with Crippen LogP contribution in [0, 0.1) is 5.92 Å². The average Bonchev–Trinajstić information content (AvgIpc) is 1.91. The first-order valence-corrected chi connectivity index (χ1v) is 3.75. The van der Waals surface area contributed by atoms with E-state index in [2.05, 4.69) is 19.9 Å². The summed E-state index contributed by atoms with van der Waals surface area (Å²) in [6, 6.07) is 0. The van der Waals surface area contributed by atoms with Gasteiger partial charge < -0.3 is 4.79 Å². The molecule has 0 bridgehead atoms. The molecule has 58 valence electrons. The maximum absolute atomic E-state index is 8.00. The molecule has 0 radical (unpaired) electrons. The fraction of sp³-hybridized carbons (Fsp3) is 0.667. The van der Waals surface area contributed by atoms with E-state index in [9.17, 15) is 0 Å². The molecular formula is C9H16O. The third-order valence-electron chi connectivity index (χ3n) is 1.80. The van der Waals surface area contributed by atoms with Crippen molar-refractivity contribution in [3.8, 4) is 0 Å². The molecule has 1 aliphatic carbocycles. The molecule has 0 saturated heterocycles. The van der Waals surface area contributed by atoms with Gasteiger partial charge >= 0.3 is 0 Å². The lowest BCUT2D eigenvalue weighted by atomic mass is 9.93. The number of hydrogen-bond acceptors (Lipinski definition) is 1. The second-order valence-corrected chi connectivity index (χ2v) is 2.88. The third-order valence-corrected chi connectivity index (χ3v) is 1.80. The molecule has 1 atom stereocenters. The zero-order chi connectivity index (χ0) is 7.98. The Morgan fingerprint density at radius 3 is 2.50 bits per heavy atom. The standard InChI is InChI=1S/C8H14.CH2O/c1-7-4-3-5-8(2)6-7;1-2/h6-7H,3-5H2,1-2H3;1H2. The van der Waals surface area contributed by atoms with Crippen LogP contribution in [0.2, 0.25) is 0 Å². The lowest BCUT2D eigenvalue weighted by Gasteiger charge is -2.13. The van der Waals surface area contributed by atoms with Gasteiger partial charge in [-0.05, 0) is 32.1 Å². The van der Waals surface area contributed by atoms with Crippen molar-refractivity contribution in [2.45, 2.75) is 33.1 Å². The molecule has 1 rings (SSSR count). The molecule has 0 aromatic heterocycles. The lowest BCUT2D eigenvalue weighted by Crippen LogP contribution is -1.97. The van der Waals surface area contributed by atoms with Crippen LogP contribution in [-0.2, 0) is 4.79 Å². The van der Waals surface area contributed by atoms with Crippen LogP contribution >= 0.6 is 0 Å². The number of carbonyl (C=O) groups excluding carboxylic acids is 1. The van der Waals surface area contributed by atoms with E-state index in [4.69, 9.17) is 4.79 Å². The number of allylic oxidation sites excluding steroid dienone is 2. The van der Waals surface area contributed by atoms with Gasteiger partial charge in [0.05, 0.1) is 0 Å². The summed E-state index contributed by atoms with van der Waals surface area (Å²) in [6.07, 6.45) is 6.54. The summed E-state index contributed by atoms with van der Waals surface area (Å²) in [6.45, 7) is 6.53. The van der Waals surface area contributed by atoms with E-state index < -0.39 is 0 Å². The molecule has 10 heavy (non-hydrogen) atoms. The van der Waals surface area contributed by atoms with E-state index in [0.29, 0.717) is 0 Å². The molecule has 1 unspecified atom stereocenters. The minimum Gasteiger partial charge on any atom is -0.307 e. The van der Waals surface area contributed by atoms with Gasteiger partial charge in [-0.2, -0.15) is 0 Å². The monoisotopic (exact) mass is 140 g/mol. The van der Waals surface area contributed by atoms with Crippen molar-refractivity contribution in [3.05, 3.63) is 11.6 Å². The molecule has 0 aliphatic heterocycles. The summed E-state index contributed by atoms with van der Waals surface area (Å²) in [5.74, 6) is 0.851. The van der Waals surface area contributed by atoms with Crippen molar-refractivity contribution in [1.29, 1.82) is 0 Å². The van der Waals surface area contributed by atoms with Crippen molar-refractivity contribution in [1.82, 2.24) is 0 Å². The Labute approximate surface area is 63.1 Å². The van der Waals surface area contributed by atoms with Gasteiger partial charge in [0.25, 0.3) is 0 Å². The van der Waals surface area contributed by atoms with Gasteiger partial charge in [-0.1, -0.05) is 18.6 Å². The zero-order valence-corrected chi connectivity index (χ0v) is 6.89. The minimum absolute atomic E-state index is 0.851. The zero-order valence-electron chi connectivity index (χ0n) is 6.89. The van der Waals surface area contributed by atoms with Crippen molar-refractivity contribution in [2.75, 3.05) is 0 Å². The Kier molecular flexibility index (Phi) is 4.91. The molecule has 0 N–H and O–H groups in total. The van der Waals surface area contributed by atoms with Gasteiger partial charge in [0.15, 0.2) is 0 Å². The molecule has 0 heterocycles. The first kappa shape index (κ1) is 9.41. The molecule has 1 heteroatoms. The summed E-state index contributed by atoms with van der Waals surface area (Å²) in [5, 5.41) is 0. The van der Waals surface area contributed by atoms with Crippen LogP contribution in [0.25, 0.3) is 0 Å². The fourth-order valence-corrected chi connectivity index (χ4v) is 1.36. The predicted octanol–water partition coefficient (Wildman–Crippen LogP) is 2.57. The van der Waals surface area contributed by atoms with Gasteiger partial charge in [-0.25, -0.2) is 0 Å². The maximum Gasteiger partial charge on any atom is 0.106 e. The van der Waals surface area contributed by atoms with Gasteiger partial charge in [-0.3, -0.25) is 0 Å². The van der Waals surface area contributed by atoms with Crippen LogP contribution in [0.15, 0.2) is 11.6 Å². The molecule has 0 spiro atoms. The Morgan fingerprint density at radius 1 is 1.60 bits per heavy atom. The summed E-state index contributed by atoms with van der Waals surface area (Å²) in [7, 11) is 0. The Morgan fingerprint density at radius 2 is 2.20 bits per heavy atom. The molecule has 0 aromatic carbocycles. The fourth-order valence-electron chi connectivity index (χ4n) is 1.36. The number of rotatable bonds is 0. The van der Waals surface area contributed by atoms with E-state index in [1.165, 1.54) is 19.3 Å². The molecule has 0 fully saturated rings. The number of carbonyl (C=O) groups is 1. The van der Waals surface area contributed by atoms with Gasteiger partial charge in [0, 0.05) is 0 Å². The summed E-state index contributed by atoms with van der Waals surface area (Å²) < 4.78 is 0. The highest BCUT2D eigenvalue weighted by molar-refractivity contribution is 5.11. The molecule has 1 nitrogen and oxygen atoms in total. The van der Waals surface area contributed by atoms with Crippen molar-refractivity contribution >= 4 is 6.79 Å². The average molecular weight is 140 g/mol. The third kappa shape index (κ3) is 3.44. The Balaban J connectivity index is 0.000000371. The Bertz CT molecular complexity index is 116. The molecule has 0 saturated carbocycles. The topological polar surface area (TPSA) is 17.1 Å². The first-order valence-electron chi connectivity index (χ1n) is 3.75. The van der Waals surface area contributed by atoms with E-state index in [1.807, 2.05) is 6.79 Å². The van der Waals surface area contributed by atoms with Gasteiger partial charge in [0.1, 0.15) is 6.79 Å². The highest BCUT2D eigenvalue weighted by atomic mass is 16.1. The highest BCUT2D eigenvalue weighted by Gasteiger charge is 2.04. The van der Waals surface area contributed by atoms with E-state index in [-0.39, 0.29) is 0 Å². The predicted molar refractivity (Wildman–Crippen MR) is 43.9 cm³/mol. The largest absolute Gasteiger partial charge is 0.307 e. The smallest absolute Gasteiger partial charge is 0.106 e. The van der Waals surface area contributed by atoms with Crippen LogP contribution in [0.3, 0.4) is 0 Å². The second kappa shape index (κ2) is 5.21. The lowest BCUT2D eigenvalue weighted by molar-refractivity contribution is -0.0979. The van der Waals surface area contributed by atoms with Crippen LogP contribution in [0.4, 0.5) is 0 Å². The molecule has 0 amide bonds. The van der Waals surface area contributed by atoms with Crippen LogP contribution in [0.5, 0.6) is 0 Å². The summed E-state index contributed by atoms with van der Waals surface area (Å²) in [5.41, 5.74) is 1.59. The molecule has 1 aliphatic rings. The van der Waals surface area contributed by atoms with Crippen LogP contribution in [-0.4, -0.2) is 6.79 Å². The highest BCUT2D eigenvalue weighted by Crippen LogP contribution is 2.20. The molecule has 0 aromatic rings. The van der Waals surface area contributed by atoms with Crippen LogP contribution in [0.1, 0.15) is 33.1 Å². The van der Waals surface area contributed by atoms with Gasteiger partial charge in [0.2, 0.25) is 0 Å². The quantitative estimate of drug-likeness (QED) is 0.473. The Hall–Kier alpha value is -0.590. The van der Waals surface area contributed by atoms with E-state index in [1.54, 1.807) is 5.57 Å². The van der Waals surface area contributed by atoms with Crippen LogP contribution < -0.4 is 0 Å². The summed E-state index contributed by atoms with van der Waals surface area (Å²) >= 11 is 0. The van der Waals surface area contributed by atoms with E-state index in [0.717, 1.165) is 5.92 Å². The van der Waals surface area contributed by atoms with E-state index >= 15 is 0 Å². The van der Waals surface area contributed by atoms with Crippen molar-refractivity contribution in [3.63, 3.8) is 0 Å². The molecular weight excluding hydrogens is 124 g/mol. The summed E-state index contributed by atoms with van der Waals surface area (Å²) in [4.78, 5) is 8.00.